The molecule has 0 radical (unpaired) electrons. The van der Waals surface area contributed by atoms with E-state index in [0.29, 0.717) is 24.4 Å². The number of anilines is 1. The normalized spacial score (nSPS) is 22.7. The van der Waals surface area contributed by atoms with Gasteiger partial charge >= 0.3 is 0 Å². The smallest absolute Gasteiger partial charge is 0.254 e. The number of hydrogen-bond donors (Lipinski definition) is 1. The summed E-state index contributed by atoms with van der Waals surface area (Å²) in [6.45, 7) is 5.35. The largest absolute Gasteiger partial charge is 0.399 e. The van der Waals surface area contributed by atoms with Crippen LogP contribution in [0.4, 0.5) is 5.69 Å². The number of hydrogen-bond acceptors (Lipinski definition) is 3. The molecule has 2 rings (SSSR count). The molecular formula is C14H21ClN2O2. The summed E-state index contributed by atoms with van der Waals surface area (Å²) in [4.78, 5) is 14.4. The van der Waals surface area contributed by atoms with Crippen LogP contribution < -0.4 is 5.73 Å². The molecule has 106 valence electrons. The molecule has 1 aliphatic heterocycles. The molecule has 1 aromatic carbocycles. The van der Waals surface area contributed by atoms with Crippen molar-refractivity contribution in [3.8, 4) is 0 Å². The fourth-order valence-corrected chi connectivity index (χ4v) is 2.22. The number of carbonyl (C=O) groups excluding carboxylic acids is 1. The lowest BCUT2D eigenvalue weighted by Crippen LogP contribution is -2.51. The number of rotatable bonds is 2. The van der Waals surface area contributed by atoms with E-state index in [2.05, 4.69) is 6.92 Å². The number of nitrogens with zero attached hydrogens (tertiary/aromatic N) is 1. The van der Waals surface area contributed by atoms with E-state index in [0.717, 1.165) is 6.42 Å². The highest BCUT2D eigenvalue weighted by Gasteiger charge is 2.29. The van der Waals surface area contributed by atoms with Gasteiger partial charge in [-0.25, -0.2) is 0 Å². The molecule has 19 heavy (non-hydrogen) atoms. The van der Waals surface area contributed by atoms with Gasteiger partial charge in [0, 0.05) is 17.8 Å². The third kappa shape index (κ3) is 3.61. The number of halogens is 1. The van der Waals surface area contributed by atoms with E-state index >= 15 is 0 Å². The van der Waals surface area contributed by atoms with Gasteiger partial charge in [-0.05, 0) is 37.6 Å². The number of ether oxygens (including phenoxy) is 1. The first kappa shape index (κ1) is 15.8. The Labute approximate surface area is 120 Å². The summed E-state index contributed by atoms with van der Waals surface area (Å²) < 4.78 is 5.60. The number of amides is 1. The van der Waals surface area contributed by atoms with Crippen LogP contribution in [-0.4, -0.2) is 36.1 Å². The van der Waals surface area contributed by atoms with Crippen molar-refractivity contribution in [2.24, 2.45) is 0 Å². The fraction of sp³-hybridized carbons (Fsp3) is 0.500. The summed E-state index contributed by atoms with van der Waals surface area (Å²) in [5.41, 5.74) is 7.00. The van der Waals surface area contributed by atoms with Gasteiger partial charge in [0.15, 0.2) is 0 Å². The minimum Gasteiger partial charge on any atom is -0.399 e. The highest BCUT2D eigenvalue weighted by molar-refractivity contribution is 5.94. The second-order valence-electron chi connectivity index (χ2n) is 4.79. The van der Waals surface area contributed by atoms with Crippen LogP contribution in [0, 0.1) is 0 Å². The number of morpholine rings is 1. The van der Waals surface area contributed by atoms with Crippen molar-refractivity contribution in [2.45, 2.75) is 32.4 Å². The number of nitrogens with two attached hydrogens (primary N) is 1. The topological polar surface area (TPSA) is 55.6 Å². The lowest BCUT2D eigenvalue weighted by molar-refractivity contribution is -0.0444. The Morgan fingerprint density at radius 3 is 2.63 bits per heavy atom. The average Bonchev–Trinajstić information content (AvgIpc) is 2.39. The van der Waals surface area contributed by atoms with Gasteiger partial charge in [-0.3, -0.25) is 4.79 Å². The zero-order valence-electron chi connectivity index (χ0n) is 11.3. The summed E-state index contributed by atoms with van der Waals surface area (Å²) in [6, 6.07) is 7.26. The van der Waals surface area contributed by atoms with Crippen molar-refractivity contribution in [2.75, 3.05) is 18.9 Å². The zero-order chi connectivity index (χ0) is 13.1. The third-order valence-electron chi connectivity index (χ3n) is 3.36. The van der Waals surface area contributed by atoms with Crippen LogP contribution in [0.25, 0.3) is 0 Å². The molecule has 1 aromatic rings. The van der Waals surface area contributed by atoms with Crippen LogP contribution >= 0.6 is 12.4 Å². The molecular weight excluding hydrogens is 264 g/mol. The second kappa shape index (κ2) is 6.78. The Morgan fingerprint density at radius 2 is 2.05 bits per heavy atom. The predicted octanol–water partition coefficient (Wildman–Crippen LogP) is 2.33. The molecule has 2 atom stereocenters. The van der Waals surface area contributed by atoms with Crippen molar-refractivity contribution in [3.05, 3.63) is 29.8 Å². The van der Waals surface area contributed by atoms with Gasteiger partial charge in [0.1, 0.15) is 0 Å². The van der Waals surface area contributed by atoms with Gasteiger partial charge in [0.25, 0.3) is 5.91 Å². The van der Waals surface area contributed by atoms with E-state index in [1.807, 2.05) is 11.8 Å². The van der Waals surface area contributed by atoms with Gasteiger partial charge in [-0.1, -0.05) is 6.92 Å². The summed E-state index contributed by atoms with van der Waals surface area (Å²) >= 11 is 0. The third-order valence-corrected chi connectivity index (χ3v) is 3.36. The van der Waals surface area contributed by atoms with E-state index in [1.165, 1.54) is 0 Å². The van der Waals surface area contributed by atoms with Crippen molar-refractivity contribution in [1.29, 1.82) is 0 Å². The minimum atomic E-state index is 0. The number of nitrogen functional groups attached to an aromatic ring is 1. The van der Waals surface area contributed by atoms with Gasteiger partial charge < -0.3 is 15.4 Å². The average molecular weight is 285 g/mol. The molecule has 1 fully saturated rings. The Hall–Kier alpha value is -1.26. The van der Waals surface area contributed by atoms with Crippen molar-refractivity contribution < 1.29 is 9.53 Å². The van der Waals surface area contributed by atoms with Crippen LogP contribution in [0.15, 0.2) is 24.3 Å². The van der Waals surface area contributed by atoms with Crippen LogP contribution in [0.1, 0.15) is 30.6 Å². The first-order valence-electron chi connectivity index (χ1n) is 6.40. The van der Waals surface area contributed by atoms with Crippen molar-refractivity contribution >= 4 is 24.0 Å². The minimum absolute atomic E-state index is 0. The van der Waals surface area contributed by atoms with E-state index in [4.69, 9.17) is 10.5 Å². The van der Waals surface area contributed by atoms with Gasteiger partial charge in [0.2, 0.25) is 0 Å². The van der Waals surface area contributed by atoms with Gasteiger partial charge in [-0.2, -0.15) is 0 Å². The van der Waals surface area contributed by atoms with Crippen LogP contribution in [-0.2, 0) is 4.74 Å². The molecule has 0 bridgehead atoms. The highest BCUT2D eigenvalue weighted by atomic mass is 35.5. The maximum atomic E-state index is 12.5. The SMILES string of the molecule is CCC1COC(C)CN1C(=O)c1ccc(N)cc1.Cl. The lowest BCUT2D eigenvalue weighted by Gasteiger charge is -2.38. The quantitative estimate of drug-likeness (QED) is 0.848. The van der Waals surface area contributed by atoms with Gasteiger partial charge in [-0.15, -0.1) is 12.4 Å². The Bertz CT molecular complexity index is 422. The van der Waals surface area contributed by atoms with E-state index < -0.39 is 0 Å². The van der Waals surface area contributed by atoms with Crippen molar-refractivity contribution in [3.63, 3.8) is 0 Å². The molecule has 0 saturated carbocycles. The molecule has 0 aliphatic carbocycles. The molecule has 1 aliphatic rings. The first-order chi connectivity index (χ1) is 8.61. The standard InChI is InChI=1S/C14H20N2O2.ClH/c1-3-13-9-18-10(2)8-16(13)14(17)11-4-6-12(15)7-5-11;/h4-7,10,13H,3,8-9,15H2,1-2H3;1H. The molecule has 1 amide bonds. The number of carbonyl (C=O) groups is 1. The first-order valence-corrected chi connectivity index (χ1v) is 6.40. The molecule has 0 spiro atoms. The summed E-state index contributed by atoms with van der Waals surface area (Å²) in [5, 5.41) is 0. The molecule has 1 saturated heterocycles. The summed E-state index contributed by atoms with van der Waals surface area (Å²) in [6.07, 6.45) is 1.01. The van der Waals surface area contributed by atoms with Crippen LogP contribution in [0.3, 0.4) is 0 Å². The van der Waals surface area contributed by atoms with Gasteiger partial charge in [0.05, 0.1) is 18.8 Å². The molecule has 2 N–H and O–H groups in total. The molecule has 2 unspecified atom stereocenters. The number of benzene rings is 1. The van der Waals surface area contributed by atoms with Crippen LogP contribution in [0.5, 0.6) is 0 Å². The van der Waals surface area contributed by atoms with E-state index in [9.17, 15) is 4.79 Å². The Morgan fingerprint density at radius 1 is 1.42 bits per heavy atom. The van der Waals surface area contributed by atoms with Crippen molar-refractivity contribution in [1.82, 2.24) is 4.90 Å². The molecule has 5 heteroatoms. The van der Waals surface area contributed by atoms with E-state index in [1.54, 1.807) is 24.3 Å². The maximum Gasteiger partial charge on any atom is 0.254 e. The zero-order valence-corrected chi connectivity index (χ0v) is 12.2. The molecule has 0 aromatic heterocycles. The highest BCUT2D eigenvalue weighted by Crippen LogP contribution is 2.18. The predicted molar refractivity (Wildman–Crippen MR) is 78.6 cm³/mol. The van der Waals surface area contributed by atoms with Crippen LogP contribution in [0.2, 0.25) is 0 Å². The Balaban J connectivity index is 0.00000180. The van der Waals surface area contributed by atoms with E-state index in [-0.39, 0.29) is 30.5 Å². The second-order valence-corrected chi connectivity index (χ2v) is 4.79. The monoisotopic (exact) mass is 284 g/mol. The maximum absolute atomic E-state index is 12.5. The summed E-state index contributed by atoms with van der Waals surface area (Å²) in [5.74, 6) is 0.0667. The lowest BCUT2D eigenvalue weighted by atomic mass is 10.1. The fourth-order valence-electron chi connectivity index (χ4n) is 2.22. The molecule has 1 heterocycles. The summed E-state index contributed by atoms with van der Waals surface area (Å²) in [7, 11) is 0. The molecule has 4 nitrogen and oxygen atoms in total. The Kier molecular flexibility index (Phi) is 5.63.